The smallest absolute Gasteiger partial charge is 0.362 e. The number of halogens is 1. The number of hydrogen-bond acceptors (Lipinski definition) is 5. The number of carbonyl (C=O) groups is 1. The van der Waals surface area contributed by atoms with E-state index >= 15 is 0 Å². The Balaban J connectivity index is 3.42. The number of benzene rings is 1. The lowest BCUT2D eigenvalue weighted by molar-refractivity contribution is -0.134. The van der Waals surface area contributed by atoms with Gasteiger partial charge in [0.05, 0.1) is 19.3 Å². The zero-order valence-electron chi connectivity index (χ0n) is 13.3. The first kappa shape index (κ1) is 19.0. The molecule has 22 heavy (non-hydrogen) atoms. The fourth-order valence-corrected chi connectivity index (χ4v) is 2.45. The molecular formula is C15H20BrNO4S. The van der Waals surface area contributed by atoms with Gasteiger partial charge in [0.1, 0.15) is 21.9 Å². The second-order valence-corrected chi connectivity index (χ2v) is 8.19. The van der Waals surface area contributed by atoms with Gasteiger partial charge in [-0.2, -0.15) is 0 Å². The molecule has 0 saturated heterocycles. The number of rotatable bonds is 5. The lowest BCUT2D eigenvalue weighted by Gasteiger charge is -2.19. The van der Waals surface area contributed by atoms with Crippen molar-refractivity contribution < 1.29 is 18.8 Å². The van der Waals surface area contributed by atoms with Crippen molar-refractivity contribution in [1.29, 1.82) is 0 Å². The molecule has 0 bridgehead atoms. The Kier molecular flexibility index (Phi) is 6.90. The number of methoxy groups -OCH3 is 1. The van der Waals surface area contributed by atoms with Crippen LogP contribution in [-0.2, 0) is 20.9 Å². The van der Waals surface area contributed by atoms with Gasteiger partial charge >= 0.3 is 5.97 Å². The van der Waals surface area contributed by atoms with Crippen molar-refractivity contribution in [2.45, 2.75) is 32.4 Å². The van der Waals surface area contributed by atoms with E-state index in [1.54, 1.807) is 45.9 Å². The van der Waals surface area contributed by atoms with Crippen LogP contribution in [-0.4, -0.2) is 34.7 Å². The quantitative estimate of drug-likeness (QED) is 0.440. The zero-order valence-corrected chi connectivity index (χ0v) is 15.7. The lowest BCUT2D eigenvalue weighted by Crippen LogP contribution is -2.29. The normalized spacial score (nSPS) is 13.7. The second-order valence-electron chi connectivity index (χ2n) is 5.37. The topological polar surface area (TPSA) is 71.0 Å². The summed E-state index contributed by atoms with van der Waals surface area (Å²) in [5, 5.41) is 0. The van der Waals surface area contributed by atoms with Gasteiger partial charge in [0, 0.05) is 4.47 Å². The van der Waals surface area contributed by atoms with E-state index in [-0.39, 0.29) is 12.3 Å². The minimum atomic E-state index is -1.59. The SMILES string of the molecule is CCOC(=O)/C(=N\[S@+]([O-])C(C)(C)C)c1cc(Br)ccc1OC. The van der Waals surface area contributed by atoms with Gasteiger partial charge in [-0.25, -0.2) is 4.79 Å². The van der Waals surface area contributed by atoms with Crippen LogP contribution in [0.4, 0.5) is 0 Å². The molecule has 0 fully saturated rings. The van der Waals surface area contributed by atoms with Crippen LogP contribution in [0.15, 0.2) is 27.1 Å². The molecule has 0 spiro atoms. The van der Waals surface area contributed by atoms with E-state index in [0.717, 1.165) is 4.47 Å². The predicted molar refractivity (Wildman–Crippen MR) is 91.8 cm³/mol. The first-order valence-corrected chi connectivity index (χ1v) is 8.62. The minimum Gasteiger partial charge on any atom is -0.591 e. The van der Waals surface area contributed by atoms with Crippen molar-refractivity contribution in [2.75, 3.05) is 13.7 Å². The van der Waals surface area contributed by atoms with Crippen LogP contribution in [0.25, 0.3) is 0 Å². The van der Waals surface area contributed by atoms with Crippen LogP contribution in [0.1, 0.15) is 33.3 Å². The highest BCUT2D eigenvalue weighted by atomic mass is 79.9. The van der Waals surface area contributed by atoms with Gasteiger partial charge in [0.15, 0.2) is 0 Å². The summed E-state index contributed by atoms with van der Waals surface area (Å²) in [6.07, 6.45) is 0. The molecule has 122 valence electrons. The first-order chi connectivity index (χ1) is 10.2. The molecule has 0 aliphatic rings. The number of carbonyl (C=O) groups excluding carboxylic acids is 1. The van der Waals surface area contributed by atoms with E-state index in [0.29, 0.717) is 11.3 Å². The van der Waals surface area contributed by atoms with Crippen molar-refractivity contribution >= 4 is 39.0 Å². The number of nitrogens with zero attached hydrogens (tertiary/aromatic N) is 1. The van der Waals surface area contributed by atoms with Gasteiger partial charge < -0.3 is 14.0 Å². The number of ether oxygens (including phenoxy) is 2. The van der Waals surface area contributed by atoms with Gasteiger partial charge in [-0.05, 0) is 45.9 Å². The van der Waals surface area contributed by atoms with E-state index in [4.69, 9.17) is 9.47 Å². The summed E-state index contributed by atoms with van der Waals surface area (Å²) >= 11 is 1.76. The predicted octanol–water partition coefficient (Wildman–Crippen LogP) is 3.27. The van der Waals surface area contributed by atoms with Crippen LogP contribution >= 0.6 is 15.9 Å². The maximum atomic E-state index is 12.3. The summed E-state index contributed by atoms with van der Waals surface area (Å²) in [5.74, 6) is -0.169. The molecule has 1 atom stereocenters. The van der Waals surface area contributed by atoms with Gasteiger partial charge in [0.25, 0.3) is 0 Å². The Morgan fingerprint density at radius 1 is 1.41 bits per heavy atom. The number of hydrogen-bond donors (Lipinski definition) is 0. The van der Waals surface area contributed by atoms with Crippen LogP contribution in [0.2, 0.25) is 0 Å². The Hall–Kier alpha value is -1.05. The molecule has 7 heteroatoms. The molecule has 0 aromatic heterocycles. The van der Waals surface area contributed by atoms with Crippen molar-refractivity contribution in [1.82, 2.24) is 0 Å². The maximum absolute atomic E-state index is 12.3. The highest BCUT2D eigenvalue weighted by Crippen LogP contribution is 2.26. The molecule has 5 nitrogen and oxygen atoms in total. The summed E-state index contributed by atoms with van der Waals surface area (Å²) in [5.41, 5.74) is 0.432. The molecule has 0 heterocycles. The van der Waals surface area contributed by atoms with Crippen molar-refractivity contribution in [3.8, 4) is 5.75 Å². The third kappa shape index (κ3) is 5.00. The van der Waals surface area contributed by atoms with Crippen LogP contribution < -0.4 is 4.74 Å². The average Bonchev–Trinajstić information content (AvgIpc) is 2.43. The standard InChI is InChI=1S/C15H20BrNO4S/c1-6-21-14(18)13(17-22(19)15(2,3)4)11-9-10(16)7-8-12(11)20-5/h7-9H,6H2,1-5H3/b17-13-/t22-/m1/s1. The van der Waals surface area contributed by atoms with E-state index in [2.05, 4.69) is 20.3 Å². The molecule has 0 radical (unpaired) electrons. The third-order valence-corrected chi connectivity index (χ3v) is 4.47. The molecule has 1 aromatic rings. The number of esters is 1. The summed E-state index contributed by atoms with van der Waals surface area (Å²) < 4.78 is 26.9. The molecule has 0 N–H and O–H groups in total. The molecule has 0 aliphatic heterocycles. The Morgan fingerprint density at radius 3 is 2.55 bits per heavy atom. The van der Waals surface area contributed by atoms with Crippen LogP contribution in [0, 0.1) is 0 Å². The van der Waals surface area contributed by atoms with E-state index in [1.807, 2.05) is 0 Å². The summed E-state index contributed by atoms with van der Waals surface area (Å²) in [4.78, 5) is 12.2. The van der Waals surface area contributed by atoms with Crippen LogP contribution in [0.5, 0.6) is 5.75 Å². The highest BCUT2D eigenvalue weighted by Gasteiger charge is 2.31. The van der Waals surface area contributed by atoms with E-state index < -0.39 is 22.1 Å². The molecule has 1 aromatic carbocycles. The second kappa shape index (κ2) is 7.99. The van der Waals surface area contributed by atoms with Crippen molar-refractivity contribution in [3.05, 3.63) is 28.2 Å². The van der Waals surface area contributed by atoms with E-state index in [9.17, 15) is 9.35 Å². The molecule has 0 saturated carbocycles. The third-order valence-electron chi connectivity index (χ3n) is 2.58. The molecule has 0 unspecified atom stereocenters. The zero-order chi connectivity index (χ0) is 16.9. The molecule has 1 rings (SSSR count). The molecule has 0 amide bonds. The fourth-order valence-electron chi connectivity index (χ4n) is 1.48. The Labute approximate surface area is 142 Å². The summed E-state index contributed by atoms with van der Waals surface area (Å²) in [6, 6.07) is 5.18. The summed E-state index contributed by atoms with van der Waals surface area (Å²) in [6.45, 7) is 7.26. The largest absolute Gasteiger partial charge is 0.591 e. The van der Waals surface area contributed by atoms with Crippen molar-refractivity contribution in [2.24, 2.45) is 4.40 Å². The molecule has 0 aliphatic carbocycles. The monoisotopic (exact) mass is 389 g/mol. The lowest BCUT2D eigenvalue weighted by atomic mass is 10.1. The van der Waals surface area contributed by atoms with Gasteiger partial charge in [0.2, 0.25) is 5.71 Å². The minimum absolute atomic E-state index is 0.00624. The Bertz CT molecular complexity index is 569. The fraction of sp³-hybridized carbons (Fsp3) is 0.467. The van der Waals surface area contributed by atoms with Crippen LogP contribution in [0.3, 0.4) is 0 Å². The maximum Gasteiger partial charge on any atom is 0.362 e. The van der Waals surface area contributed by atoms with Gasteiger partial charge in [-0.1, -0.05) is 20.3 Å². The van der Waals surface area contributed by atoms with Gasteiger partial charge in [-0.3, -0.25) is 0 Å². The summed E-state index contributed by atoms with van der Waals surface area (Å²) in [7, 11) is 1.50. The average molecular weight is 390 g/mol. The Morgan fingerprint density at radius 2 is 2.05 bits per heavy atom. The first-order valence-electron chi connectivity index (χ1n) is 6.72. The highest BCUT2D eigenvalue weighted by molar-refractivity contribution is 9.10. The van der Waals surface area contributed by atoms with E-state index in [1.165, 1.54) is 7.11 Å². The van der Waals surface area contributed by atoms with Gasteiger partial charge in [-0.15, -0.1) is 0 Å². The van der Waals surface area contributed by atoms with Crippen molar-refractivity contribution in [3.63, 3.8) is 0 Å². The molecular weight excluding hydrogens is 370 g/mol.